The standard InChI is InChI=1S/C13H24N2O/c1-10-8-14-9-12(10)13(16)15(2)11-6-4-3-5-7-11/h10-12,14H,3-9H2,1-2H3. The number of rotatable bonds is 2. The van der Waals surface area contributed by atoms with Crippen LogP contribution in [0.5, 0.6) is 0 Å². The lowest BCUT2D eigenvalue weighted by Gasteiger charge is -2.33. The minimum absolute atomic E-state index is 0.215. The molecular formula is C13H24N2O. The van der Waals surface area contributed by atoms with Crippen molar-refractivity contribution in [3.63, 3.8) is 0 Å². The van der Waals surface area contributed by atoms with Gasteiger partial charge in [-0.1, -0.05) is 26.2 Å². The van der Waals surface area contributed by atoms with Gasteiger partial charge in [0.05, 0.1) is 5.92 Å². The summed E-state index contributed by atoms with van der Waals surface area (Å²) >= 11 is 0. The van der Waals surface area contributed by atoms with Crippen molar-refractivity contribution in [3.05, 3.63) is 0 Å². The monoisotopic (exact) mass is 224 g/mol. The van der Waals surface area contributed by atoms with Crippen molar-refractivity contribution in [2.75, 3.05) is 20.1 Å². The van der Waals surface area contributed by atoms with E-state index in [2.05, 4.69) is 12.2 Å². The van der Waals surface area contributed by atoms with Crippen LogP contribution in [0.25, 0.3) is 0 Å². The Morgan fingerprint density at radius 2 is 1.88 bits per heavy atom. The van der Waals surface area contributed by atoms with E-state index in [9.17, 15) is 4.79 Å². The van der Waals surface area contributed by atoms with Crippen molar-refractivity contribution < 1.29 is 4.79 Å². The van der Waals surface area contributed by atoms with Crippen molar-refractivity contribution >= 4 is 5.91 Å². The van der Waals surface area contributed by atoms with Crippen molar-refractivity contribution in [3.8, 4) is 0 Å². The van der Waals surface area contributed by atoms with Crippen LogP contribution in [0.2, 0.25) is 0 Å². The zero-order valence-electron chi connectivity index (χ0n) is 10.5. The SMILES string of the molecule is CC1CNCC1C(=O)N(C)C1CCCCC1. The van der Waals surface area contributed by atoms with Gasteiger partial charge in [-0.15, -0.1) is 0 Å². The van der Waals surface area contributed by atoms with Gasteiger partial charge in [0.15, 0.2) is 0 Å². The first-order chi connectivity index (χ1) is 7.70. The highest BCUT2D eigenvalue weighted by atomic mass is 16.2. The fourth-order valence-electron chi connectivity index (χ4n) is 3.05. The molecule has 1 saturated carbocycles. The van der Waals surface area contributed by atoms with Gasteiger partial charge in [0, 0.05) is 19.6 Å². The minimum Gasteiger partial charge on any atom is -0.342 e. The Bertz CT molecular complexity index is 248. The van der Waals surface area contributed by atoms with E-state index in [1.165, 1.54) is 32.1 Å². The van der Waals surface area contributed by atoms with Gasteiger partial charge in [-0.2, -0.15) is 0 Å². The highest BCUT2D eigenvalue weighted by molar-refractivity contribution is 5.79. The van der Waals surface area contributed by atoms with Crippen LogP contribution in [-0.2, 0) is 4.79 Å². The number of hydrogen-bond acceptors (Lipinski definition) is 2. The summed E-state index contributed by atoms with van der Waals surface area (Å²) in [6.45, 7) is 4.04. The number of nitrogens with one attached hydrogen (secondary N) is 1. The molecule has 1 amide bonds. The number of carbonyl (C=O) groups is 1. The Kier molecular flexibility index (Phi) is 3.85. The Morgan fingerprint density at radius 1 is 1.19 bits per heavy atom. The second-order valence-corrected chi connectivity index (χ2v) is 5.48. The quantitative estimate of drug-likeness (QED) is 0.773. The topological polar surface area (TPSA) is 32.3 Å². The zero-order valence-corrected chi connectivity index (χ0v) is 10.5. The molecule has 2 rings (SSSR count). The number of nitrogens with zero attached hydrogens (tertiary/aromatic N) is 1. The van der Waals surface area contributed by atoms with Crippen LogP contribution >= 0.6 is 0 Å². The fraction of sp³-hybridized carbons (Fsp3) is 0.923. The van der Waals surface area contributed by atoms with E-state index in [0.29, 0.717) is 17.9 Å². The van der Waals surface area contributed by atoms with Crippen LogP contribution in [0.4, 0.5) is 0 Å². The highest BCUT2D eigenvalue weighted by Crippen LogP contribution is 2.25. The Morgan fingerprint density at radius 3 is 2.44 bits per heavy atom. The lowest BCUT2D eigenvalue weighted by Crippen LogP contribution is -2.43. The second-order valence-electron chi connectivity index (χ2n) is 5.48. The van der Waals surface area contributed by atoms with Gasteiger partial charge < -0.3 is 10.2 Å². The maximum atomic E-state index is 12.3. The summed E-state index contributed by atoms with van der Waals surface area (Å²) in [5.74, 6) is 1.08. The molecule has 1 aliphatic heterocycles. The molecule has 2 atom stereocenters. The third kappa shape index (κ3) is 2.40. The molecule has 2 unspecified atom stereocenters. The van der Waals surface area contributed by atoms with Crippen LogP contribution < -0.4 is 5.32 Å². The first-order valence-corrected chi connectivity index (χ1v) is 6.67. The summed E-state index contributed by atoms with van der Waals surface area (Å²) in [6.07, 6.45) is 6.34. The number of amides is 1. The Hall–Kier alpha value is -0.570. The summed E-state index contributed by atoms with van der Waals surface area (Å²) in [4.78, 5) is 14.4. The lowest BCUT2D eigenvalue weighted by molar-refractivity contribution is -0.137. The summed E-state index contributed by atoms with van der Waals surface area (Å²) in [6, 6.07) is 0.508. The molecule has 16 heavy (non-hydrogen) atoms. The van der Waals surface area contributed by atoms with Gasteiger partial charge in [0.1, 0.15) is 0 Å². The Balaban J connectivity index is 1.92. The highest BCUT2D eigenvalue weighted by Gasteiger charge is 2.33. The van der Waals surface area contributed by atoms with Crippen molar-refractivity contribution in [1.82, 2.24) is 10.2 Å². The summed E-state index contributed by atoms with van der Waals surface area (Å²) in [5.41, 5.74) is 0. The molecule has 3 heteroatoms. The van der Waals surface area contributed by atoms with E-state index < -0.39 is 0 Å². The normalized spacial score (nSPS) is 31.6. The average Bonchev–Trinajstić information content (AvgIpc) is 2.75. The molecule has 1 N–H and O–H groups in total. The molecule has 92 valence electrons. The van der Waals surface area contributed by atoms with Gasteiger partial charge in [-0.05, 0) is 25.3 Å². The largest absolute Gasteiger partial charge is 0.342 e. The van der Waals surface area contributed by atoms with E-state index in [1.54, 1.807) is 0 Å². The van der Waals surface area contributed by atoms with E-state index in [0.717, 1.165) is 13.1 Å². The van der Waals surface area contributed by atoms with Gasteiger partial charge in [0.25, 0.3) is 0 Å². The zero-order chi connectivity index (χ0) is 11.5. The van der Waals surface area contributed by atoms with Crippen LogP contribution in [0.15, 0.2) is 0 Å². The van der Waals surface area contributed by atoms with Crippen LogP contribution in [0.1, 0.15) is 39.0 Å². The third-order valence-corrected chi connectivity index (χ3v) is 4.30. The van der Waals surface area contributed by atoms with Gasteiger partial charge >= 0.3 is 0 Å². The molecule has 1 saturated heterocycles. The average molecular weight is 224 g/mol. The van der Waals surface area contributed by atoms with Crippen molar-refractivity contribution in [2.45, 2.75) is 45.1 Å². The fourth-order valence-corrected chi connectivity index (χ4v) is 3.05. The molecule has 0 spiro atoms. The molecule has 2 fully saturated rings. The van der Waals surface area contributed by atoms with E-state index in [-0.39, 0.29) is 5.92 Å². The van der Waals surface area contributed by atoms with Crippen molar-refractivity contribution in [2.24, 2.45) is 11.8 Å². The van der Waals surface area contributed by atoms with Gasteiger partial charge in [-0.25, -0.2) is 0 Å². The maximum absolute atomic E-state index is 12.3. The molecule has 1 heterocycles. The molecule has 1 aliphatic carbocycles. The molecule has 0 aromatic rings. The first kappa shape index (κ1) is 11.9. The molecule has 2 aliphatic rings. The number of carbonyl (C=O) groups excluding carboxylic acids is 1. The predicted octanol–water partition coefficient (Wildman–Crippen LogP) is 1.63. The molecular weight excluding hydrogens is 200 g/mol. The summed E-state index contributed by atoms with van der Waals surface area (Å²) in [7, 11) is 2.00. The van der Waals surface area contributed by atoms with Crippen LogP contribution in [0.3, 0.4) is 0 Å². The van der Waals surface area contributed by atoms with E-state index in [4.69, 9.17) is 0 Å². The smallest absolute Gasteiger partial charge is 0.227 e. The molecule has 0 aromatic carbocycles. The molecule has 0 aromatic heterocycles. The molecule has 0 bridgehead atoms. The molecule has 0 radical (unpaired) electrons. The van der Waals surface area contributed by atoms with Crippen molar-refractivity contribution in [1.29, 1.82) is 0 Å². The molecule has 3 nitrogen and oxygen atoms in total. The summed E-state index contributed by atoms with van der Waals surface area (Å²) < 4.78 is 0. The van der Waals surface area contributed by atoms with Crippen LogP contribution in [0, 0.1) is 11.8 Å². The summed E-state index contributed by atoms with van der Waals surface area (Å²) in [5, 5.41) is 3.31. The lowest BCUT2D eigenvalue weighted by atomic mass is 9.91. The van der Waals surface area contributed by atoms with Gasteiger partial charge in [-0.3, -0.25) is 4.79 Å². The maximum Gasteiger partial charge on any atom is 0.227 e. The van der Waals surface area contributed by atoms with Crippen LogP contribution in [-0.4, -0.2) is 37.0 Å². The van der Waals surface area contributed by atoms with E-state index >= 15 is 0 Å². The first-order valence-electron chi connectivity index (χ1n) is 6.67. The van der Waals surface area contributed by atoms with Gasteiger partial charge in [0.2, 0.25) is 5.91 Å². The van der Waals surface area contributed by atoms with E-state index in [1.807, 2.05) is 11.9 Å². The predicted molar refractivity (Wildman–Crippen MR) is 65.2 cm³/mol. The second kappa shape index (κ2) is 5.17. The number of hydrogen-bond donors (Lipinski definition) is 1. The third-order valence-electron chi connectivity index (χ3n) is 4.30. The Labute approximate surface area is 98.6 Å². The minimum atomic E-state index is 0.215.